The summed E-state index contributed by atoms with van der Waals surface area (Å²) in [5.74, 6) is 1.67. The fourth-order valence-electron chi connectivity index (χ4n) is 3.60. The van der Waals surface area contributed by atoms with Crippen LogP contribution < -0.4 is 10.2 Å². The highest BCUT2D eigenvalue weighted by molar-refractivity contribution is 5.89. The largest absolute Gasteiger partial charge is 0.378 e. The Hall–Kier alpha value is -3.18. The Labute approximate surface area is 163 Å². The van der Waals surface area contributed by atoms with E-state index in [4.69, 9.17) is 10.00 Å². The van der Waals surface area contributed by atoms with Crippen molar-refractivity contribution in [3.05, 3.63) is 46.9 Å². The predicted molar refractivity (Wildman–Crippen MR) is 104 cm³/mol. The Morgan fingerprint density at radius 3 is 2.86 bits per heavy atom. The summed E-state index contributed by atoms with van der Waals surface area (Å²) in [6, 6.07) is 8.81. The fraction of sp³-hybridized carbons (Fsp3) is 0.400. The molecule has 0 saturated carbocycles. The zero-order chi connectivity index (χ0) is 19.5. The van der Waals surface area contributed by atoms with Gasteiger partial charge in [-0.3, -0.25) is 0 Å². The minimum atomic E-state index is -0.186. The number of nitrogens with zero attached hydrogens (tertiary/aromatic N) is 5. The summed E-state index contributed by atoms with van der Waals surface area (Å²) in [6.45, 7) is 5.90. The molecule has 0 aliphatic carbocycles. The lowest BCUT2D eigenvalue weighted by atomic mass is 10.1. The van der Waals surface area contributed by atoms with Crippen molar-refractivity contribution in [2.24, 2.45) is 0 Å². The summed E-state index contributed by atoms with van der Waals surface area (Å²) in [6.07, 6.45) is 0.696. The number of carbonyl (C=O) groups excluding carboxylic acids is 1. The number of amides is 2. The van der Waals surface area contributed by atoms with Gasteiger partial charge < -0.3 is 19.9 Å². The molecular weight excluding hydrogens is 356 g/mol. The highest BCUT2D eigenvalue weighted by atomic mass is 16.5. The van der Waals surface area contributed by atoms with Crippen molar-refractivity contribution in [2.75, 3.05) is 43.1 Å². The third kappa shape index (κ3) is 3.75. The van der Waals surface area contributed by atoms with Gasteiger partial charge in [0, 0.05) is 37.3 Å². The van der Waals surface area contributed by atoms with Crippen LogP contribution in [0.15, 0.2) is 24.3 Å². The van der Waals surface area contributed by atoms with Gasteiger partial charge in [-0.1, -0.05) is 6.07 Å². The lowest BCUT2D eigenvalue weighted by Gasteiger charge is -2.34. The lowest BCUT2D eigenvalue weighted by Crippen LogP contribution is -2.42. The normalized spacial score (nSPS) is 16.3. The summed E-state index contributed by atoms with van der Waals surface area (Å²) < 4.78 is 5.46. The van der Waals surface area contributed by atoms with E-state index in [-0.39, 0.29) is 6.03 Å². The number of rotatable bonds is 2. The number of carbonyl (C=O) groups is 1. The van der Waals surface area contributed by atoms with Gasteiger partial charge >= 0.3 is 6.03 Å². The van der Waals surface area contributed by atoms with E-state index >= 15 is 0 Å². The van der Waals surface area contributed by atoms with Crippen LogP contribution in [0.3, 0.4) is 0 Å². The van der Waals surface area contributed by atoms with Gasteiger partial charge in [-0.05, 0) is 25.1 Å². The summed E-state index contributed by atoms with van der Waals surface area (Å²) >= 11 is 0. The van der Waals surface area contributed by atoms with E-state index in [0.29, 0.717) is 44.0 Å². The minimum absolute atomic E-state index is 0.186. The van der Waals surface area contributed by atoms with Crippen molar-refractivity contribution >= 4 is 17.5 Å². The first kappa shape index (κ1) is 18.2. The van der Waals surface area contributed by atoms with E-state index in [9.17, 15) is 4.79 Å². The quantitative estimate of drug-likeness (QED) is 0.860. The molecule has 2 amide bonds. The van der Waals surface area contributed by atoms with Gasteiger partial charge in [-0.2, -0.15) is 5.26 Å². The molecule has 3 heterocycles. The zero-order valence-electron chi connectivity index (χ0n) is 15.8. The van der Waals surface area contributed by atoms with E-state index in [0.717, 1.165) is 36.0 Å². The topological polar surface area (TPSA) is 94.4 Å². The Morgan fingerprint density at radius 2 is 2.07 bits per heavy atom. The van der Waals surface area contributed by atoms with E-state index in [1.54, 1.807) is 29.2 Å². The van der Waals surface area contributed by atoms with Crippen LogP contribution in [-0.2, 0) is 17.7 Å². The molecule has 1 N–H and O–H groups in total. The molecule has 0 bridgehead atoms. The molecular formula is C20H22N6O2. The van der Waals surface area contributed by atoms with Crippen LogP contribution in [0.25, 0.3) is 0 Å². The molecule has 8 heteroatoms. The number of hydrogen-bond acceptors (Lipinski definition) is 6. The van der Waals surface area contributed by atoms with E-state index in [1.165, 1.54) is 0 Å². The van der Waals surface area contributed by atoms with Gasteiger partial charge in [-0.25, -0.2) is 14.8 Å². The SMILES string of the molecule is Cc1nc2c(c(N3CCOCC3)n1)CN(C(=O)Nc1cccc(C#N)c1)CC2. The van der Waals surface area contributed by atoms with Crippen LogP contribution in [0.5, 0.6) is 0 Å². The van der Waals surface area contributed by atoms with Gasteiger partial charge in [-0.15, -0.1) is 0 Å². The monoisotopic (exact) mass is 378 g/mol. The molecule has 0 radical (unpaired) electrons. The second-order valence-electron chi connectivity index (χ2n) is 6.91. The number of morpholine rings is 1. The predicted octanol–water partition coefficient (Wildman–Crippen LogP) is 2.08. The molecule has 1 fully saturated rings. The smallest absolute Gasteiger partial charge is 0.322 e. The third-order valence-electron chi connectivity index (χ3n) is 4.99. The van der Waals surface area contributed by atoms with Crippen molar-refractivity contribution in [3.8, 4) is 6.07 Å². The number of aryl methyl sites for hydroxylation is 1. The maximum atomic E-state index is 12.8. The Morgan fingerprint density at radius 1 is 1.25 bits per heavy atom. The number of aromatic nitrogens is 2. The van der Waals surface area contributed by atoms with E-state index < -0.39 is 0 Å². The third-order valence-corrected chi connectivity index (χ3v) is 4.99. The highest BCUT2D eigenvalue weighted by Gasteiger charge is 2.28. The molecule has 2 aliphatic heterocycles. The second-order valence-corrected chi connectivity index (χ2v) is 6.91. The number of benzene rings is 1. The van der Waals surface area contributed by atoms with Crippen molar-refractivity contribution < 1.29 is 9.53 Å². The van der Waals surface area contributed by atoms with E-state index in [1.807, 2.05) is 6.92 Å². The number of ether oxygens (including phenoxy) is 1. The van der Waals surface area contributed by atoms with Gasteiger partial charge in [0.1, 0.15) is 11.6 Å². The molecule has 1 aromatic heterocycles. The first-order valence-electron chi connectivity index (χ1n) is 9.39. The Kier molecular flexibility index (Phi) is 5.08. The number of hydrogen-bond donors (Lipinski definition) is 1. The highest BCUT2D eigenvalue weighted by Crippen LogP contribution is 2.27. The minimum Gasteiger partial charge on any atom is -0.378 e. The number of nitriles is 1. The van der Waals surface area contributed by atoms with Gasteiger partial charge in [0.05, 0.1) is 37.1 Å². The molecule has 0 atom stereocenters. The van der Waals surface area contributed by atoms with Crippen molar-refractivity contribution in [2.45, 2.75) is 19.9 Å². The Bertz CT molecular complexity index is 933. The van der Waals surface area contributed by atoms with Gasteiger partial charge in [0.2, 0.25) is 0 Å². The summed E-state index contributed by atoms with van der Waals surface area (Å²) in [5.41, 5.74) is 3.16. The second kappa shape index (κ2) is 7.82. The van der Waals surface area contributed by atoms with E-state index in [2.05, 4.69) is 26.3 Å². The molecule has 8 nitrogen and oxygen atoms in total. The molecule has 1 aromatic carbocycles. The lowest BCUT2D eigenvalue weighted by molar-refractivity contribution is 0.122. The molecule has 28 heavy (non-hydrogen) atoms. The first-order chi connectivity index (χ1) is 13.6. The zero-order valence-corrected chi connectivity index (χ0v) is 15.8. The molecule has 0 unspecified atom stereocenters. The average Bonchev–Trinajstić information content (AvgIpc) is 2.73. The van der Waals surface area contributed by atoms with Crippen LogP contribution in [0.2, 0.25) is 0 Å². The fourth-order valence-corrected chi connectivity index (χ4v) is 3.60. The molecule has 0 spiro atoms. The summed E-state index contributed by atoms with van der Waals surface area (Å²) in [4.78, 5) is 26.1. The Balaban J connectivity index is 1.55. The van der Waals surface area contributed by atoms with Crippen molar-refractivity contribution in [1.29, 1.82) is 5.26 Å². The number of anilines is 2. The van der Waals surface area contributed by atoms with Crippen LogP contribution >= 0.6 is 0 Å². The van der Waals surface area contributed by atoms with Crippen LogP contribution in [0, 0.1) is 18.3 Å². The van der Waals surface area contributed by atoms with Gasteiger partial charge in [0.15, 0.2) is 0 Å². The maximum Gasteiger partial charge on any atom is 0.322 e. The van der Waals surface area contributed by atoms with Crippen LogP contribution in [0.4, 0.5) is 16.3 Å². The van der Waals surface area contributed by atoms with Crippen LogP contribution in [-0.4, -0.2) is 53.7 Å². The molecule has 1 saturated heterocycles. The molecule has 2 aliphatic rings. The van der Waals surface area contributed by atoms with Gasteiger partial charge in [0.25, 0.3) is 0 Å². The number of nitrogens with one attached hydrogen (secondary N) is 1. The number of fused-ring (bicyclic) bond motifs is 1. The average molecular weight is 378 g/mol. The molecule has 144 valence electrons. The summed E-state index contributed by atoms with van der Waals surface area (Å²) in [5, 5.41) is 11.9. The number of urea groups is 1. The first-order valence-corrected chi connectivity index (χ1v) is 9.39. The van der Waals surface area contributed by atoms with Crippen molar-refractivity contribution in [3.63, 3.8) is 0 Å². The summed E-state index contributed by atoms with van der Waals surface area (Å²) in [7, 11) is 0. The van der Waals surface area contributed by atoms with Crippen LogP contribution in [0.1, 0.15) is 22.6 Å². The maximum absolute atomic E-state index is 12.8. The molecule has 4 rings (SSSR count). The molecule has 2 aromatic rings. The van der Waals surface area contributed by atoms with Crippen molar-refractivity contribution in [1.82, 2.24) is 14.9 Å². The standard InChI is InChI=1S/C20H22N6O2/c1-14-22-18-5-6-26(20(27)24-16-4-2-3-15(11-16)12-21)13-17(18)19(23-14)25-7-9-28-10-8-25/h2-4,11H,5-10,13H2,1H3,(H,24,27).